The average Bonchev–Trinajstić information content (AvgIpc) is 1.77. The maximum absolute atomic E-state index is 3.73. The molecule has 2 heteroatoms. The molecule has 11 heavy (non-hydrogen) atoms. The van der Waals surface area contributed by atoms with Crippen LogP contribution in [0.15, 0.2) is 24.3 Å². The molecule has 0 N–H and O–H groups in total. The van der Waals surface area contributed by atoms with E-state index in [0.717, 1.165) is 11.1 Å². The third-order valence-electron chi connectivity index (χ3n) is 1.02. The summed E-state index contributed by atoms with van der Waals surface area (Å²) in [7, 11) is 0. The van der Waals surface area contributed by atoms with Crippen molar-refractivity contribution in [1.82, 2.24) is 0 Å². The molecule has 0 aliphatic rings. The van der Waals surface area contributed by atoms with Crippen LogP contribution >= 0.6 is 0 Å². The van der Waals surface area contributed by atoms with E-state index in [0.29, 0.717) is 0 Å². The first-order valence-corrected chi connectivity index (χ1v) is 2.53. The first-order chi connectivity index (χ1) is 3.79. The van der Waals surface area contributed by atoms with Crippen LogP contribution in [0.1, 0.15) is 11.1 Å². The molecule has 57 valence electrons. The fourth-order valence-corrected chi connectivity index (χ4v) is 0.539. The third kappa shape index (κ3) is 7.61. The summed E-state index contributed by atoms with van der Waals surface area (Å²) in [4.78, 5) is 0. The molecule has 1 radical (unpaired) electrons. The molecule has 0 atom stereocenters. The maximum atomic E-state index is 3.73. The number of hydrogen-bond acceptors (Lipinski definition) is 0. The summed E-state index contributed by atoms with van der Waals surface area (Å²) >= 11 is 0. The first-order valence-electron chi connectivity index (χ1n) is 2.53. The van der Waals surface area contributed by atoms with Gasteiger partial charge in [-0.1, -0.05) is 0 Å². The van der Waals surface area contributed by atoms with Crippen LogP contribution in [-0.2, 0) is 20.4 Å². The number of rotatable bonds is 0. The van der Waals surface area contributed by atoms with Gasteiger partial charge in [0.1, 0.15) is 0 Å². The van der Waals surface area contributed by atoms with Crippen molar-refractivity contribution in [2.24, 2.45) is 0 Å². The summed E-state index contributed by atoms with van der Waals surface area (Å²) in [6.45, 7) is 7.47. The van der Waals surface area contributed by atoms with Gasteiger partial charge in [-0.15, -0.1) is 0 Å². The van der Waals surface area contributed by atoms with Gasteiger partial charge in [0.15, 0.2) is 0 Å². The van der Waals surface area contributed by atoms with E-state index >= 15 is 0 Å². The minimum absolute atomic E-state index is 0. The normalized spacial score (nSPS) is 6.55. The molecule has 0 saturated heterocycles. The summed E-state index contributed by atoms with van der Waals surface area (Å²) in [6.07, 6.45) is 0. The Hall–Kier alpha value is 1.26. The van der Waals surface area contributed by atoms with Gasteiger partial charge in [0, 0.05) is 20.4 Å². The van der Waals surface area contributed by atoms with E-state index in [2.05, 4.69) is 13.8 Å². The molecule has 0 saturated carbocycles. The van der Waals surface area contributed by atoms with Crippen LogP contribution in [0, 0.1) is 21.3 Å². The predicted molar refractivity (Wildman–Crippen MR) is 41.8 cm³/mol. The Morgan fingerprint density at radius 2 is 1.00 bits per heavy atom. The van der Waals surface area contributed by atoms with E-state index in [9.17, 15) is 0 Å². The van der Waals surface area contributed by atoms with Gasteiger partial charge >= 0.3 is 51.4 Å². The minimum atomic E-state index is 0. The van der Waals surface area contributed by atoms with Gasteiger partial charge in [-0.25, -0.2) is 49.2 Å². The molecule has 0 aliphatic carbocycles. The quantitative estimate of drug-likeness (QED) is 0.440. The molecule has 1 rings (SSSR count). The smallest absolute Gasteiger partial charge is 0.358 e. The predicted octanol–water partition coefficient (Wildman–Crippen LogP) is -0.497. The fraction of sp³-hybridized carbons (Fsp3) is 0. The molecule has 0 bridgehead atoms. The van der Waals surface area contributed by atoms with E-state index in [1.54, 1.807) is 0 Å². The zero-order valence-electron chi connectivity index (χ0n) is 7.10. The molecule has 0 aromatic heterocycles. The van der Waals surface area contributed by atoms with E-state index < -0.39 is 0 Å². The Kier molecular flexibility index (Phi) is 15.4. The second-order valence-corrected chi connectivity index (χ2v) is 1.82. The van der Waals surface area contributed by atoms with Crippen LogP contribution in [-0.4, -0.2) is 0 Å². The molecular weight excluding hydrogens is 333 g/mol. The van der Waals surface area contributed by atoms with Crippen molar-refractivity contribution in [3.05, 3.63) is 56.7 Å². The van der Waals surface area contributed by atoms with Crippen LogP contribution < -0.4 is 51.4 Å². The largest absolute Gasteiger partial charge is 1.00 e. The van der Waals surface area contributed by atoms with Crippen LogP contribution in [0.3, 0.4) is 0 Å². The standard InChI is InChI=1S/C8H8.CH3.K.Re/c1-7-3-5-8(2)6-4-7;;;/h3-6H,1-2H2;1H3;;/q-2;-1;+1;. The zero-order valence-corrected chi connectivity index (χ0v) is 12.9. The van der Waals surface area contributed by atoms with Gasteiger partial charge in [0.05, 0.1) is 0 Å². The molecule has 0 amide bonds. The second kappa shape index (κ2) is 9.35. The second-order valence-electron chi connectivity index (χ2n) is 1.82. The van der Waals surface area contributed by atoms with Crippen molar-refractivity contribution in [3.8, 4) is 0 Å². The SMILES string of the molecule is [CH2-]c1ccc([CH2-])cc1.[CH3-].[K+].[Re]. The number of benzene rings is 1. The van der Waals surface area contributed by atoms with E-state index in [1.807, 2.05) is 24.3 Å². The van der Waals surface area contributed by atoms with Crippen LogP contribution in [0.5, 0.6) is 0 Å². The van der Waals surface area contributed by atoms with Gasteiger partial charge in [0.25, 0.3) is 0 Å². The molecule has 0 nitrogen and oxygen atoms in total. The molecule has 0 aliphatic heterocycles. The van der Waals surface area contributed by atoms with Gasteiger partial charge in [0.2, 0.25) is 0 Å². The Bertz CT molecular complexity index is 148. The minimum Gasteiger partial charge on any atom is -0.358 e. The van der Waals surface area contributed by atoms with Crippen molar-refractivity contribution in [3.63, 3.8) is 0 Å². The molecule has 0 unspecified atom stereocenters. The Labute approximate surface area is 126 Å². The monoisotopic (exact) mass is 345 g/mol. The molecule has 0 spiro atoms. The number of hydrogen-bond donors (Lipinski definition) is 0. The summed E-state index contributed by atoms with van der Waals surface area (Å²) in [6, 6.07) is 7.79. The van der Waals surface area contributed by atoms with Crippen molar-refractivity contribution >= 4 is 0 Å². The maximum Gasteiger partial charge on any atom is 1.00 e. The summed E-state index contributed by atoms with van der Waals surface area (Å²) < 4.78 is 0. The topological polar surface area (TPSA) is 0 Å². The van der Waals surface area contributed by atoms with Gasteiger partial charge < -0.3 is 7.43 Å². The van der Waals surface area contributed by atoms with Crippen molar-refractivity contribution in [2.45, 2.75) is 0 Å². The average molecular weight is 344 g/mol. The van der Waals surface area contributed by atoms with Crippen molar-refractivity contribution in [1.29, 1.82) is 0 Å². The van der Waals surface area contributed by atoms with Gasteiger partial charge in [-0.05, 0) is 0 Å². The molecule has 0 fully saturated rings. The first kappa shape index (κ1) is 18.1. The molecule has 1 aromatic rings. The summed E-state index contributed by atoms with van der Waals surface area (Å²) in [5.74, 6) is 0. The van der Waals surface area contributed by atoms with Crippen molar-refractivity contribution < 1.29 is 71.8 Å². The molecule has 0 heterocycles. The Morgan fingerprint density at radius 1 is 0.818 bits per heavy atom. The molecular formula is C9H11KRe-2. The van der Waals surface area contributed by atoms with Crippen LogP contribution in [0.25, 0.3) is 0 Å². The zero-order chi connectivity index (χ0) is 5.98. The molecule has 1 aromatic carbocycles. The van der Waals surface area contributed by atoms with Crippen LogP contribution in [0.4, 0.5) is 0 Å². The Morgan fingerprint density at radius 3 is 1.18 bits per heavy atom. The van der Waals surface area contributed by atoms with Crippen molar-refractivity contribution in [2.75, 3.05) is 0 Å². The fourth-order valence-electron chi connectivity index (χ4n) is 0.539. The third-order valence-corrected chi connectivity index (χ3v) is 1.02. The summed E-state index contributed by atoms with van der Waals surface area (Å²) in [5.41, 5.74) is 2.08. The van der Waals surface area contributed by atoms with E-state index in [1.165, 1.54) is 0 Å². The van der Waals surface area contributed by atoms with E-state index in [-0.39, 0.29) is 79.2 Å². The van der Waals surface area contributed by atoms with E-state index in [4.69, 9.17) is 0 Å². The summed E-state index contributed by atoms with van der Waals surface area (Å²) in [5, 5.41) is 0. The van der Waals surface area contributed by atoms with Gasteiger partial charge in [-0.3, -0.25) is 0 Å². The van der Waals surface area contributed by atoms with Gasteiger partial charge in [-0.2, -0.15) is 0 Å². The van der Waals surface area contributed by atoms with Crippen LogP contribution in [0.2, 0.25) is 0 Å². The Balaban J connectivity index is -0.000000213.